The van der Waals surface area contributed by atoms with Crippen LogP contribution in [-0.2, 0) is 16.1 Å². The second-order valence-electron chi connectivity index (χ2n) is 7.64. The molecule has 1 atom stereocenters. The van der Waals surface area contributed by atoms with Gasteiger partial charge in [-0.3, -0.25) is 9.36 Å². The topological polar surface area (TPSA) is 69.0 Å². The fourth-order valence-corrected chi connectivity index (χ4v) is 5.29. The van der Waals surface area contributed by atoms with Crippen molar-refractivity contribution in [3.05, 3.63) is 46.3 Å². The molecule has 1 aromatic carbocycles. The summed E-state index contributed by atoms with van der Waals surface area (Å²) in [5, 5.41) is 14.7. The molecule has 1 aliphatic rings. The molecule has 1 saturated heterocycles. The van der Waals surface area contributed by atoms with Crippen LogP contribution in [-0.4, -0.2) is 39.1 Å². The summed E-state index contributed by atoms with van der Waals surface area (Å²) in [6, 6.07) is 8.23. The van der Waals surface area contributed by atoms with Gasteiger partial charge in [-0.25, -0.2) is 0 Å². The van der Waals surface area contributed by atoms with E-state index in [1.807, 2.05) is 31.4 Å². The Hall–Kier alpha value is -2.16. The molecule has 2 aromatic heterocycles. The van der Waals surface area contributed by atoms with Gasteiger partial charge in [0, 0.05) is 12.3 Å². The monoisotopic (exact) mass is 442 g/mol. The second kappa shape index (κ2) is 9.32. The van der Waals surface area contributed by atoms with Crippen LogP contribution in [0.15, 0.2) is 34.8 Å². The van der Waals surface area contributed by atoms with Gasteiger partial charge in [-0.1, -0.05) is 35.5 Å². The third kappa shape index (κ3) is 4.77. The van der Waals surface area contributed by atoms with Crippen molar-refractivity contribution in [3.63, 3.8) is 0 Å². The predicted octanol–water partition coefficient (Wildman–Crippen LogP) is 4.84. The minimum atomic E-state index is -0.0422. The number of benzene rings is 1. The van der Waals surface area contributed by atoms with Crippen molar-refractivity contribution in [1.82, 2.24) is 14.8 Å². The summed E-state index contributed by atoms with van der Waals surface area (Å²) in [5.41, 5.74) is 4.24. The van der Waals surface area contributed by atoms with Crippen molar-refractivity contribution in [2.45, 2.75) is 51.4 Å². The SMILES string of the molecule is Cc1cc(C)c(NC(=O)CSc2nnc(-c3cccs3)n2CC2CCCO2)c(C)c1. The molecular weight excluding hydrogens is 416 g/mol. The van der Waals surface area contributed by atoms with Gasteiger partial charge < -0.3 is 10.1 Å². The van der Waals surface area contributed by atoms with Crippen LogP contribution in [0.5, 0.6) is 0 Å². The number of nitrogens with zero attached hydrogens (tertiary/aromatic N) is 3. The Morgan fingerprint density at radius 3 is 2.77 bits per heavy atom. The molecule has 1 amide bonds. The van der Waals surface area contributed by atoms with Gasteiger partial charge in [0.1, 0.15) is 0 Å². The van der Waals surface area contributed by atoms with Crippen molar-refractivity contribution in [3.8, 4) is 10.7 Å². The predicted molar refractivity (Wildman–Crippen MR) is 122 cm³/mol. The van der Waals surface area contributed by atoms with Crippen LogP contribution in [0.1, 0.15) is 29.5 Å². The lowest BCUT2D eigenvalue weighted by molar-refractivity contribution is -0.113. The van der Waals surface area contributed by atoms with Crippen LogP contribution in [0.3, 0.4) is 0 Å². The highest BCUT2D eigenvalue weighted by molar-refractivity contribution is 7.99. The zero-order valence-electron chi connectivity index (χ0n) is 17.5. The minimum Gasteiger partial charge on any atom is -0.376 e. The number of amides is 1. The molecule has 1 fully saturated rings. The van der Waals surface area contributed by atoms with Gasteiger partial charge in [0.15, 0.2) is 11.0 Å². The molecule has 1 unspecified atom stereocenters. The lowest BCUT2D eigenvalue weighted by Crippen LogP contribution is -2.18. The van der Waals surface area contributed by atoms with Crippen LogP contribution in [0, 0.1) is 20.8 Å². The number of carbonyl (C=O) groups is 1. The van der Waals surface area contributed by atoms with Gasteiger partial charge in [-0.05, 0) is 56.2 Å². The van der Waals surface area contributed by atoms with Crippen LogP contribution in [0.2, 0.25) is 0 Å². The first-order valence-corrected chi connectivity index (χ1v) is 12.0. The summed E-state index contributed by atoms with van der Waals surface area (Å²) in [4.78, 5) is 13.7. The third-order valence-electron chi connectivity index (χ3n) is 5.14. The normalized spacial score (nSPS) is 16.2. The number of ether oxygens (including phenoxy) is 1. The summed E-state index contributed by atoms with van der Waals surface area (Å²) in [5.74, 6) is 1.08. The molecule has 1 N–H and O–H groups in total. The molecule has 0 radical (unpaired) electrons. The molecule has 0 spiro atoms. The summed E-state index contributed by atoms with van der Waals surface area (Å²) in [6.07, 6.45) is 2.30. The number of thioether (sulfide) groups is 1. The molecule has 1 aliphatic heterocycles. The Morgan fingerprint density at radius 1 is 1.30 bits per heavy atom. The summed E-state index contributed by atoms with van der Waals surface area (Å²) in [6.45, 7) is 7.62. The van der Waals surface area contributed by atoms with Gasteiger partial charge in [0.05, 0.1) is 23.3 Å². The smallest absolute Gasteiger partial charge is 0.234 e. The number of hydrogen-bond acceptors (Lipinski definition) is 6. The number of thiophene rings is 1. The molecule has 0 aliphatic carbocycles. The highest BCUT2D eigenvalue weighted by Gasteiger charge is 2.22. The first-order chi connectivity index (χ1) is 14.5. The highest BCUT2D eigenvalue weighted by Crippen LogP contribution is 2.29. The van der Waals surface area contributed by atoms with Gasteiger partial charge in [-0.2, -0.15) is 0 Å². The van der Waals surface area contributed by atoms with Gasteiger partial charge >= 0.3 is 0 Å². The minimum absolute atomic E-state index is 0.0422. The molecule has 8 heteroatoms. The number of hydrogen-bond donors (Lipinski definition) is 1. The lowest BCUT2D eigenvalue weighted by Gasteiger charge is -2.15. The molecule has 0 bridgehead atoms. The van der Waals surface area contributed by atoms with E-state index in [0.717, 1.165) is 52.1 Å². The van der Waals surface area contributed by atoms with E-state index in [1.54, 1.807) is 11.3 Å². The number of carbonyl (C=O) groups excluding carboxylic acids is 1. The Morgan fingerprint density at radius 2 is 2.10 bits per heavy atom. The second-order valence-corrected chi connectivity index (χ2v) is 9.53. The fraction of sp³-hybridized carbons (Fsp3) is 0.409. The molecule has 30 heavy (non-hydrogen) atoms. The van der Waals surface area contributed by atoms with E-state index in [9.17, 15) is 4.79 Å². The molecule has 3 aromatic rings. The Kier molecular flexibility index (Phi) is 6.55. The van der Waals surface area contributed by atoms with Crippen LogP contribution < -0.4 is 5.32 Å². The molecule has 158 valence electrons. The van der Waals surface area contributed by atoms with E-state index in [-0.39, 0.29) is 17.8 Å². The van der Waals surface area contributed by atoms with Crippen molar-refractivity contribution >= 4 is 34.7 Å². The molecule has 3 heterocycles. The number of rotatable bonds is 7. The molecule has 4 rings (SSSR count). The number of aromatic nitrogens is 3. The van der Waals surface area contributed by atoms with Gasteiger partial charge in [-0.15, -0.1) is 21.5 Å². The summed E-state index contributed by atoms with van der Waals surface area (Å²) < 4.78 is 7.93. The van der Waals surface area contributed by atoms with E-state index >= 15 is 0 Å². The van der Waals surface area contributed by atoms with Gasteiger partial charge in [0.25, 0.3) is 0 Å². The molecule has 0 saturated carbocycles. The van der Waals surface area contributed by atoms with Crippen molar-refractivity contribution in [2.24, 2.45) is 0 Å². The number of anilines is 1. The standard InChI is InChI=1S/C22H26N4O2S2/c1-14-10-15(2)20(16(3)11-14)23-19(27)13-30-22-25-24-21(18-7-5-9-29-18)26(22)12-17-6-4-8-28-17/h5,7,9-11,17H,4,6,8,12-13H2,1-3H3,(H,23,27). The zero-order valence-corrected chi connectivity index (χ0v) is 19.1. The first kappa shape index (κ1) is 21.1. The Bertz CT molecular complexity index is 1000. The van der Waals surface area contributed by atoms with E-state index in [2.05, 4.69) is 39.1 Å². The highest BCUT2D eigenvalue weighted by atomic mass is 32.2. The Balaban J connectivity index is 1.48. The van der Waals surface area contributed by atoms with E-state index in [0.29, 0.717) is 6.54 Å². The van der Waals surface area contributed by atoms with E-state index < -0.39 is 0 Å². The third-order valence-corrected chi connectivity index (χ3v) is 6.97. The summed E-state index contributed by atoms with van der Waals surface area (Å²) >= 11 is 3.06. The van der Waals surface area contributed by atoms with Crippen molar-refractivity contribution in [2.75, 3.05) is 17.7 Å². The molecular formula is C22H26N4O2S2. The van der Waals surface area contributed by atoms with Crippen molar-refractivity contribution in [1.29, 1.82) is 0 Å². The maximum Gasteiger partial charge on any atom is 0.234 e. The van der Waals surface area contributed by atoms with Crippen LogP contribution >= 0.6 is 23.1 Å². The van der Waals surface area contributed by atoms with Gasteiger partial charge in [0.2, 0.25) is 5.91 Å². The quantitative estimate of drug-likeness (QED) is 0.530. The largest absolute Gasteiger partial charge is 0.376 e. The molecule has 6 nitrogen and oxygen atoms in total. The first-order valence-electron chi connectivity index (χ1n) is 10.1. The summed E-state index contributed by atoms with van der Waals surface area (Å²) in [7, 11) is 0. The van der Waals surface area contributed by atoms with Crippen molar-refractivity contribution < 1.29 is 9.53 Å². The van der Waals surface area contributed by atoms with Crippen LogP contribution in [0.4, 0.5) is 5.69 Å². The van der Waals surface area contributed by atoms with Crippen LogP contribution in [0.25, 0.3) is 10.7 Å². The fourth-order valence-electron chi connectivity index (χ4n) is 3.82. The lowest BCUT2D eigenvalue weighted by atomic mass is 10.1. The maximum atomic E-state index is 12.7. The number of aryl methyl sites for hydroxylation is 3. The van der Waals surface area contributed by atoms with E-state index in [4.69, 9.17) is 4.74 Å². The number of nitrogens with one attached hydrogen (secondary N) is 1. The zero-order chi connectivity index (χ0) is 21.1. The maximum absolute atomic E-state index is 12.7. The average molecular weight is 443 g/mol. The van der Waals surface area contributed by atoms with E-state index in [1.165, 1.54) is 17.3 Å². The average Bonchev–Trinajstić information content (AvgIpc) is 3.45. The Labute approximate surface area is 185 Å².